The third kappa shape index (κ3) is 10.1. The molecule has 0 saturated heterocycles. The Hall–Kier alpha value is -4.01. The van der Waals surface area contributed by atoms with E-state index in [1.54, 1.807) is 13.8 Å². The number of carbonyl (C=O) groups excluding carboxylic acids is 5. The Bertz CT molecular complexity index is 937. The third-order valence-corrected chi connectivity index (χ3v) is 5.46. The maximum Gasteiger partial charge on any atom is 0.326 e. The van der Waals surface area contributed by atoms with Crippen molar-refractivity contribution in [3.05, 3.63) is 18.2 Å². The second-order valence-electron chi connectivity index (χ2n) is 8.40. The number of nitrogens with one attached hydrogen (secondary N) is 4. The Morgan fingerprint density at radius 3 is 2.14 bits per heavy atom. The fourth-order valence-corrected chi connectivity index (χ4v) is 3.15. The van der Waals surface area contributed by atoms with Crippen LogP contribution in [0.4, 0.5) is 0 Å². The highest BCUT2D eigenvalue weighted by Gasteiger charge is 2.33. The first kappa shape index (κ1) is 30.0. The van der Waals surface area contributed by atoms with E-state index in [-0.39, 0.29) is 19.3 Å². The second-order valence-corrected chi connectivity index (χ2v) is 8.40. The smallest absolute Gasteiger partial charge is 0.326 e. The third-order valence-electron chi connectivity index (χ3n) is 5.46. The Kier molecular flexibility index (Phi) is 12.0. The molecule has 0 aliphatic heterocycles. The van der Waals surface area contributed by atoms with Crippen molar-refractivity contribution in [2.75, 3.05) is 0 Å². The highest BCUT2D eigenvalue weighted by atomic mass is 16.4. The molecule has 5 unspecified atom stereocenters. The Morgan fingerprint density at radius 1 is 1.00 bits per heavy atom. The lowest BCUT2D eigenvalue weighted by Crippen LogP contribution is -2.59. The highest BCUT2D eigenvalue weighted by Crippen LogP contribution is 2.10. The minimum atomic E-state index is -1.51. The van der Waals surface area contributed by atoms with E-state index in [4.69, 9.17) is 17.2 Å². The van der Waals surface area contributed by atoms with E-state index in [2.05, 4.69) is 25.9 Å². The van der Waals surface area contributed by atoms with Gasteiger partial charge in [-0.05, 0) is 12.3 Å². The minimum absolute atomic E-state index is 0.0321. The summed E-state index contributed by atoms with van der Waals surface area (Å²) in [6, 6.07) is -5.16. The molecule has 0 saturated carbocycles. The van der Waals surface area contributed by atoms with Crippen LogP contribution in [0.3, 0.4) is 0 Å². The monoisotopic (exact) mass is 510 g/mol. The first-order valence-electron chi connectivity index (χ1n) is 11.3. The van der Waals surface area contributed by atoms with E-state index in [9.17, 15) is 33.9 Å². The number of nitrogens with two attached hydrogens (primary N) is 3. The quantitative estimate of drug-likeness (QED) is 0.112. The first-order valence-corrected chi connectivity index (χ1v) is 11.3. The maximum absolute atomic E-state index is 13.0. The predicted octanol–water partition coefficient (Wildman–Crippen LogP) is -2.99. The lowest BCUT2D eigenvalue weighted by Gasteiger charge is -2.27. The predicted molar refractivity (Wildman–Crippen MR) is 125 cm³/mol. The summed E-state index contributed by atoms with van der Waals surface area (Å²) >= 11 is 0. The summed E-state index contributed by atoms with van der Waals surface area (Å²) < 4.78 is 0. The van der Waals surface area contributed by atoms with Crippen LogP contribution in [0.15, 0.2) is 12.5 Å². The van der Waals surface area contributed by atoms with Gasteiger partial charge in [-0.15, -0.1) is 0 Å². The Balaban J connectivity index is 2.99. The largest absolute Gasteiger partial charge is 0.480 e. The molecule has 1 rings (SSSR count). The molecule has 11 N–H and O–H groups in total. The number of aliphatic carboxylic acids is 1. The molecule has 1 aromatic rings. The summed E-state index contributed by atoms with van der Waals surface area (Å²) in [7, 11) is 0. The van der Waals surface area contributed by atoms with Crippen LogP contribution in [0, 0.1) is 5.92 Å². The topological polar surface area (TPSA) is 265 Å². The van der Waals surface area contributed by atoms with Crippen molar-refractivity contribution in [2.45, 2.75) is 70.1 Å². The van der Waals surface area contributed by atoms with Crippen LogP contribution < -0.4 is 33.2 Å². The number of rotatable bonds is 16. The van der Waals surface area contributed by atoms with E-state index in [1.165, 1.54) is 12.5 Å². The van der Waals surface area contributed by atoms with Gasteiger partial charge in [0.2, 0.25) is 29.5 Å². The molecular formula is C21H34N8O7. The van der Waals surface area contributed by atoms with Gasteiger partial charge in [-0.3, -0.25) is 24.0 Å². The lowest BCUT2D eigenvalue weighted by molar-refractivity contribution is -0.142. The number of hydrogen-bond acceptors (Lipinski definition) is 8. The fraction of sp³-hybridized carbons (Fsp3) is 0.571. The van der Waals surface area contributed by atoms with Crippen molar-refractivity contribution in [3.63, 3.8) is 0 Å². The number of amides is 5. The molecule has 36 heavy (non-hydrogen) atoms. The molecule has 5 atom stereocenters. The van der Waals surface area contributed by atoms with E-state index >= 15 is 0 Å². The zero-order valence-electron chi connectivity index (χ0n) is 20.2. The summed E-state index contributed by atoms with van der Waals surface area (Å²) in [5.74, 6) is -5.80. The van der Waals surface area contributed by atoms with Gasteiger partial charge in [0, 0.05) is 24.7 Å². The summed E-state index contributed by atoms with van der Waals surface area (Å²) in [6.07, 6.45) is 2.27. The number of H-pyrrole nitrogens is 1. The number of primary amides is 2. The average Bonchev–Trinajstić information content (AvgIpc) is 3.31. The van der Waals surface area contributed by atoms with Gasteiger partial charge in [0.15, 0.2) is 0 Å². The van der Waals surface area contributed by atoms with Crippen molar-refractivity contribution in [3.8, 4) is 0 Å². The van der Waals surface area contributed by atoms with E-state index in [0.29, 0.717) is 12.1 Å². The number of nitrogens with zero attached hydrogens (tertiary/aromatic N) is 1. The van der Waals surface area contributed by atoms with Crippen LogP contribution in [0.25, 0.3) is 0 Å². The standard InChI is InChI=1S/C21H34N8O7/c1-3-10(2)17(29-18(32)12(22)4-5-15(23)30)20(34)27-13(7-16(24)31)19(33)28-14(21(35)36)6-11-8-25-9-26-11/h8-10,12-14,17H,3-7,22H2,1-2H3,(H2,23,30)(H2,24,31)(H,25,26)(H,27,34)(H,28,33)(H,29,32)(H,35,36). The number of hydrogen-bond donors (Lipinski definition) is 8. The molecule has 5 amide bonds. The maximum atomic E-state index is 13.0. The Morgan fingerprint density at radius 2 is 1.64 bits per heavy atom. The van der Waals surface area contributed by atoms with Crippen LogP contribution in [-0.2, 0) is 35.2 Å². The number of imidazole rings is 1. The van der Waals surface area contributed by atoms with Gasteiger partial charge < -0.3 is 43.2 Å². The van der Waals surface area contributed by atoms with Gasteiger partial charge in [-0.25, -0.2) is 9.78 Å². The molecule has 200 valence electrons. The normalized spacial score (nSPS) is 15.0. The summed E-state index contributed by atoms with van der Waals surface area (Å²) in [6.45, 7) is 3.44. The van der Waals surface area contributed by atoms with Crippen molar-refractivity contribution in [1.29, 1.82) is 0 Å². The van der Waals surface area contributed by atoms with Gasteiger partial charge in [-0.2, -0.15) is 0 Å². The second kappa shape index (κ2) is 14.4. The van der Waals surface area contributed by atoms with Gasteiger partial charge in [0.25, 0.3) is 0 Å². The van der Waals surface area contributed by atoms with Gasteiger partial charge >= 0.3 is 5.97 Å². The lowest BCUT2D eigenvalue weighted by atomic mass is 9.97. The van der Waals surface area contributed by atoms with Gasteiger partial charge in [0.1, 0.15) is 18.1 Å². The number of carboxylic acid groups (broad SMARTS) is 1. The molecule has 15 heteroatoms. The van der Waals surface area contributed by atoms with Crippen molar-refractivity contribution in [1.82, 2.24) is 25.9 Å². The molecule has 1 heterocycles. The van der Waals surface area contributed by atoms with E-state index in [0.717, 1.165) is 0 Å². The van der Waals surface area contributed by atoms with Crippen molar-refractivity contribution in [2.24, 2.45) is 23.1 Å². The molecule has 1 aromatic heterocycles. The van der Waals surface area contributed by atoms with Crippen LogP contribution in [0.5, 0.6) is 0 Å². The van der Waals surface area contributed by atoms with E-state index < -0.39 is 72.0 Å². The zero-order valence-corrected chi connectivity index (χ0v) is 20.2. The fourth-order valence-electron chi connectivity index (χ4n) is 3.15. The molecule has 0 bridgehead atoms. The number of carboxylic acids is 1. The first-order chi connectivity index (χ1) is 16.8. The zero-order chi connectivity index (χ0) is 27.4. The summed E-state index contributed by atoms with van der Waals surface area (Å²) in [4.78, 5) is 79.0. The van der Waals surface area contributed by atoms with Crippen molar-refractivity contribution < 1.29 is 33.9 Å². The van der Waals surface area contributed by atoms with Crippen molar-refractivity contribution >= 4 is 35.5 Å². The van der Waals surface area contributed by atoms with E-state index in [1.807, 2.05) is 0 Å². The number of aromatic nitrogens is 2. The Labute approximate surface area is 207 Å². The molecule has 0 fully saturated rings. The average molecular weight is 511 g/mol. The molecule has 0 aliphatic carbocycles. The van der Waals surface area contributed by atoms with Crippen LogP contribution in [0.1, 0.15) is 45.2 Å². The minimum Gasteiger partial charge on any atom is -0.480 e. The SMILES string of the molecule is CCC(C)C(NC(=O)C(N)CCC(N)=O)C(=O)NC(CC(N)=O)C(=O)NC(Cc1cnc[nH]1)C(=O)O. The summed E-state index contributed by atoms with van der Waals surface area (Å²) in [5.41, 5.74) is 16.5. The molecule has 15 nitrogen and oxygen atoms in total. The molecule has 0 radical (unpaired) electrons. The molecule has 0 spiro atoms. The van der Waals surface area contributed by atoms with Gasteiger partial charge in [-0.1, -0.05) is 20.3 Å². The molecule has 0 aromatic carbocycles. The number of carbonyl (C=O) groups is 6. The summed E-state index contributed by atoms with van der Waals surface area (Å²) in [5, 5.41) is 16.6. The number of aromatic amines is 1. The van der Waals surface area contributed by atoms with Crippen LogP contribution in [0.2, 0.25) is 0 Å². The molecular weight excluding hydrogens is 476 g/mol. The van der Waals surface area contributed by atoms with Crippen LogP contribution in [-0.4, -0.2) is 74.7 Å². The van der Waals surface area contributed by atoms with Crippen LogP contribution >= 0.6 is 0 Å². The molecule has 0 aliphatic rings. The highest BCUT2D eigenvalue weighted by molar-refractivity contribution is 5.96. The van der Waals surface area contributed by atoms with Gasteiger partial charge in [0.05, 0.1) is 18.8 Å².